The standard InChI is InChI=1S/C10H10N2O4.C10H8N2O3.2C7H9NO.C3H3NO4.2ClH/c1-16-10-4-2-3-8(5-10)11-6-9(7-13)12(14)15;1-15-10-4-2-3-9-8(10)5-7(6-11-9)12(13)14;2*1-9-7-4-2-3-6(8)5-7;5-1-3(2-6)4(7)8;;/h2-7,11H,1H3;2-6H,1H3;2*2-5H,8H2,1H3;1-3H;2*1H/b9-6+;;;;;;. The summed E-state index contributed by atoms with van der Waals surface area (Å²) >= 11 is 0. The van der Waals surface area contributed by atoms with E-state index >= 15 is 0 Å². The number of allylic oxidation sites excluding steroid dienone is 1. The van der Waals surface area contributed by atoms with Gasteiger partial charge in [0.25, 0.3) is 5.69 Å². The number of carbonyl (C=O) groups excluding carboxylic acids is 3. The first-order chi connectivity index (χ1) is 27.3. The zero-order valence-corrected chi connectivity index (χ0v) is 33.4. The SMILES string of the molecule is COc1cccc(N)c1.COc1cccc(N)c1.COc1cccc(N/C=C(\C=O)[N+](=O)[O-])c1.COc1cccc2ncc([N+](=O)[O-])cc12.Cl.Cl.O=CC(C=O)[N+](=O)[O-]. The Morgan fingerprint density at radius 3 is 1.56 bits per heavy atom. The Hall–Kier alpha value is -7.58. The van der Waals surface area contributed by atoms with Crippen LogP contribution in [0.5, 0.6) is 23.0 Å². The van der Waals surface area contributed by atoms with Gasteiger partial charge in [-0.3, -0.25) is 44.7 Å². The van der Waals surface area contributed by atoms with E-state index in [4.69, 9.17) is 30.4 Å². The first kappa shape index (κ1) is 53.5. The fourth-order valence-corrected chi connectivity index (χ4v) is 3.80. The van der Waals surface area contributed by atoms with Gasteiger partial charge in [-0.05, 0) is 48.5 Å². The smallest absolute Gasteiger partial charge is 0.324 e. The number of rotatable bonds is 12. The number of hydrogen-bond acceptors (Lipinski definition) is 17. The summed E-state index contributed by atoms with van der Waals surface area (Å²) in [5.41, 5.74) is 13.1. The highest BCUT2D eigenvalue weighted by Gasteiger charge is 2.15. The van der Waals surface area contributed by atoms with Gasteiger partial charge >= 0.3 is 11.7 Å². The summed E-state index contributed by atoms with van der Waals surface area (Å²) in [6.07, 6.45) is 2.40. The quantitative estimate of drug-likeness (QED) is 0.0323. The number of nitro groups is 3. The first-order valence-corrected chi connectivity index (χ1v) is 15.9. The second-order valence-corrected chi connectivity index (χ2v) is 10.4. The lowest BCUT2D eigenvalue weighted by molar-refractivity contribution is -0.489. The van der Waals surface area contributed by atoms with E-state index in [-0.39, 0.29) is 49.4 Å². The zero-order chi connectivity index (χ0) is 42.8. The van der Waals surface area contributed by atoms with E-state index in [1.165, 1.54) is 26.5 Å². The van der Waals surface area contributed by atoms with E-state index in [9.17, 15) is 44.7 Å². The fraction of sp³-hybridized carbons (Fsp3) is 0.135. The Morgan fingerprint density at radius 2 is 1.19 bits per heavy atom. The van der Waals surface area contributed by atoms with Gasteiger partial charge in [-0.2, -0.15) is 0 Å². The zero-order valence-electron chi connectivity index (χ0n) is 31.8. The molecule has 0 aliphatic rings. The molecule has 5 rings (SSSR count). The molecule has 0 aliphatic carbocycles. The van der Waals surface area contributed by atoms with E-state index in [0.29, 0.717) is 28.1 Å². The molecule has 0 atom stereocenters. The lowest BCUT2D eigenvalue weighted by atomic mass is 10.2. The third-order valence-corrected chi connectivity index (χ3v) is 6.60. The van der Waals surface area contributed by atoms with Crippen molar-refractivity contribution in [2.45, 2.75) is 6.04 Å². The van der Waals surface area contributed by atoms with E-state index in [1.54, 1.807) is 68.8 Å². The number of fused-ring (bicyclic) bond motifs is 1. The minimum Gasteiger partial charge on any atom is -0.497 e. The maximum absolute atomic E-state index is 10.6. The van der Waals surface area contributed by atoms with Gasteiger partial charge in [-0.25, -0.2) is 4.98 Å². The number of ether oxygens (including phenoxy) is 4. The third kappa shape index (κ3) is 20.2. The average molecular weight is 863 g/mol. The van der Waals surface area contributed by atoms with Crippen LogP contribution in [-0.2, 0) is 14.4 Å². The average Bonchev–Trinajstić information content (AvgIpc) is 3.21. The Labute approximate surface area is 349 Å². The summed E-state index contributed by atoms with van der Waals surface area (Å²) < 4.78 is 19.9. The van der Waals surface area contributed by atoms with Gasteiger partial charge in [0.05, 0.1) is 50.0 Å². The van der Waals surface area contributed by atoms with Crippen molar-refractivity contribution in [1.29, 1.82) is 0 Å². The van der Waals surface area contributed by atoms with Crippen molar-refractivity contribution in [3.05, 3.63) is 145 Å². The molecule has 20 nitrogen and oxygen atoms in total. The number of nitrogens with two attached hydrogens (primary N) is 2. The predicted molar refractivity (Wildman–Crippen MR) is 225 cm³/mol. The molecular formula is C37H41Cl2N7O13. The molecule has 0 fully saturated rings. The summed E-state index contributed by atoms with van der Waals surface area (Å²) in [7, 11) is 6.28. The highest BCUT2D eigenvalue weighted by Crippen LogP contribution is 2.27. The summed E-state index contributed by atoms with van der Waals surface area (Å²) in [4.78, 5) is 61.5. The van der Waals surface area contributed by atoms with Crippen LogP contribution in [0.15, 0.2) is 115 Å². The molecule has 59 heavy (non-hydrogen) atoms. The van der Waals surface area contributed by atoms with E-state index < -0.39 is 26.5 Å². The Kier molecular flexibility index (Phi) is 26.9. The van der Waals surface area contributed by atoms with Crippen molar-refractivity contribution in [2.75, 3.05) is 45.2 Å². The molecule has 0 aliphatic heterocycles. The lowest BCUT2D eigenvalue weighted by Gasteiger charge is -2.03. The number of anilines is 3. The Morgan fingerprint density at radius 1 is 0.695 bits per heavy atom. The van der Waals surface area contributed by atoms with Crippen molar-refractivity contribution >= 4 is 77.3 Å². The van der Waals surface area contributed by atoms with Crippen LogP contribution in [0.2, 0.25) is 0 Å². The van der Waals surface area contributed by atoms with Crippen molar-refractivity contribution in [3.63, 3.8) is 0 Å². The number of nitrogens with one attached hydrogen (secondary N) is 1. The maximum Gasteiger partial charge on any atom is 0.324 e. The van der Waals surface area contributed by atoms with Gasteiger partial charge in [0.15, 0.2) is 0 Å². The lowest BCUT2D eigenvalue weighted by Crippen LogP contribution is -2.21. The fourth-order valence-electron chi connectivity index (χ4n) is 3.80. The van der Waals surface area contributed by atoms with Crippen LogP contribution in [0.25, 0.3) is 10.9 Å². The van der Waals surface area contributed by atoms with Crippen molar-refractivity contribution < 1.29 is 48.1 Å². The number of aromatic nitrogens is 1. The highest BCUT2D eigenvalue weighted by atomic mass is 35.5. The number of carbonyl (C=O) groups is 3. The molecule has 0 radical (unpaired) electrons. The largest absolute Gasteiger partial charge is 0.497 e. The number of nitrogens with zero attached hydrogens (tertiary/aromatic N) is 4. The minimum absolute atomic E-state index is 0. The van der Waals surface area contributed by atoms with Gasteiger partial charge in [0.1, 0.15) is 29.2 Å². The van der Waals surface area contributed by atoms with Crippen LogP contribution in [0.4, 0.5) is 22.7 Å². The van der Waals surface area contributed by atoms with Crippen molar-refractivity contribution in [3.8, 4) is 23.0 Å². The van der Waals surface area contributed by atoms with Crippen LogP contribution in [0.3, 0.4) is 0 Å². The van der Waals surface area contributed by atoms with Crippen LogP contribution in [0.1, 0.15) is 0 Å². The molecule has 0 bridgehead atoms. The predicted octanol–water partition coefficient (Wildman–Crippen LogP) is 6.00. The monoisotopic (exact) mass is 861 g/mol. The van der Waals surface area contributed by atoms with Gasteiger partial charge in [0, 0.05) is 51.6 Å². The first-order valence-electron chi connectivity index (χ1n) is 15.9. The number of halogens is 2. The Bertz CT molecular complexity index is 2090. The summed E-state index contributed by atoms with van der Waals surface area (Å²) in [6.45, 7) is 0. The second-order valence-electron chi connectivity index (χ2n) is 10.4. The molecule has 0 saturated heterocycles. The van der Waals surface area contributed by atoms with E-state index in [0.717, 1.165) is 29.1 Å². The number of pyridine rings is 1. The number of nitrogen functional groups attached to an aromatic ring is 2. The molecule has 1 aromatic heterocycles. The van der Waals surface area contributed by atoms with E-state index in [1.807, 2.05) is 36.4 Å². The molecule has 0 unspecified atom stereocenters. The second kappa shape index (κ2) is 29.7. The molecule has 4 aromatic carbocycles. The maximum atomic E-state index is 10.6. The van der Waals surface area contributed by atoms with Crippen LogP contribution in [0, 0.1) is 30.3 Å². The molecular weight excluding hydrogens is 821 g/mol. The molecule has 0 spiro atoms. The third-order valence-electron chi connectivity index (χ3n) is 6.60. The normalized spacial score (nSPS) is 9.41. The number of benzene rings is 4. The van der Waals surface area contributed by atoms with Gasteiger partial charge in [-0.1, -0.05) is 24.3 Å². The van der Waals surface area contributed by atoms with Crippen LogP contribution >= 0.6 is 24.8 Å². The summed E-state index contributed by atoms with van der Waals surface area (Å²) in [5.74, 6) is 2.81. The van der Waals surface area contributed by atoms with Crippen LogP contribution < -0.4 is 35.7 Å². The van der Waals surface area contributed by atoms with Crippen molar-refractivity contribution in [1.82, 2.24) is 4.98 Å². The minimum atomic E-state index is -1.69. The topological polar surface area (TPSA) is 295 Å². The summed E-state index contributed by atoms with van der Waals surface area (Å²) in [6, 6.07) is 26.5. The van der Waals surface area contributed by atoms with E-state index in [2.05, 4.69) is 10.3 Å². The van der Waals surface area contributed by atoms with Crippen LogP contribution in [-0.4, -0.2) is 73.1 Å². The highest BCUT2D eigenvalue weighted by molar-refractivity contribution is 5.86. The van der Waals surface area contributed by atoms with Gasteiger partial charge < -0.3 is 35.7 Å². The molecule has 316 valence electrons. The van der Waals surface area contributed by atoms with Gasteiger partial charge in [-0.15, -0.1) is 24.8 Å². The number of methoxy groups -OCH3 is 4. The Balaban J connectivity index is 0. The number of hydrogen-bond donors (Lipinski definition) is 3. The molecule has 1 heterocycles. The molecule has 22 heteroatoms. The number of aldehydes is 3. The van der Waals surface area contributed by atoms with Gasteiger partial charge in [0.2, 0.25) is 18.9 Å². The van der Waals surface area contributed by atoms with Crippen molar-refractivity contribution in [2.24, 2.45) is 0 Å². The summed E-state index contributed by atoms with van der Waals surface area (Å²) in [5, 5.41) is 33.7. The molecule has 0 amide bonds. The molecule has 5 aromatic rings. The molecule has 5 N–H and O–H groups in total. The molecule has 0 saturated carbocycles.